The van der Waals surface area contributed by atoms with E-state index in [2.05, 4.69) is 15.9 Å². The summed E-state index contributed by atoms with van der Waals surface area (Å²) in [6, 6.07) is 7.14. The van der Waals surface area contributed by atoms with E-state index in [-0.39, 0.29) is 11.5 Å². The van der Waals surface area contributed by atoms with Crippen LogP contribution in [-0.4, -0.2) is 22.0 Å². The van der Waals surface area contributed by atoms with Crippen molar-refractivity contribution in [2.24, 2.45) is 0 Å². The molecule has 0 amide bonds. The second-order valence-corrected chi connectivity index (χ2v) is 4.91. The fourth-order valence-electron chi connectivity index (χ4n) is 0.950. The first kappa shape index (κ1) is 10.6. The molecule has 1 rings (SSSR count). The topological polar surface area (TPSA) is 34.1 Å². The molecular formula is C9H9BrO2S. The predicted octanol–water partition coefficient (Wildman–Crippen LogP) is 2.01. The van der Waals surface area contributed by atoms with Crippen LogP contribution in [0.4, 0.5) is 0 Å². The summed E-state index contributed by atoms with van der Waals surface area (Å²) in [5, 5.41) is 0. The second-order valence-electron chi connectivity index (χ2n) is 2.62. The van der Waals surface area contributed by atoms with Gasteiger partial charge in [-0.15, -0.1) is 0 Å². The number of ketones is 1. The predicted molar refractivity (Wildman–Crippen MR) is 57.4 cm³/mol. The van der Waals surface area contributed by atoms with Gasteiger partial charge in [0, 0.05) is 27.1 Å². The Hall–Kier alpha value is -0.480. The van der Waals surface area contributed by atoms with E-state index in [1.54, 1.807) is 18.2 Å². The van der Waals surface area contributed by atoms with Gasteiger partial charge in [-0.2, -0.15) is 0 Å². The lowest BCUT2D eigenvalue weighted by Gasteiger charge is -2.00. The van der Waals surface area contributed by atoms with Crippen molar-refractivity contribution in [1.29, 1.82) is 0 Å². The molecule has 0 saturated heterocycles. The van der Waals surface area contributed by atoms with Gasteiger partial charge in [-0.1, -0.05) is 34.1 Å². The van der Waals surface area contributed by atoms with E-state index < -0.39 is 10.8 Å². The highest BCUT2D eigenvalue weighted by molar-refractivity contribution is 9.10. The van der Waals surface area contributed by atoms with E-state index >= 15 is 0 Å². The monoisotopic (exact) mass is 260 g/mol. The number of halogens is 1. The first-order valence-corrected chi connectivity index (χ1v) is 6.21. The van der Waals surface area contributed by atoms with Gasteiger partial charge in [0.2, 0.25) is 0 Å². The van der Waals surface area contributed by atoms with Gasteiger partial charge in [-0.25, -0.2) is 0 Å². The minimum absolute atomic E-state index is 0.0859. The lowest BCUT2D eigenvalue weighted by molar-refractivity contribution is 0.102. The molecular weight excluding hydrogens is 252 g/mol. The standard InChI is InChI=1S/C9H9BrO2S/c1-13(12)6-9(11)7-4-2-3-5-8(7)10/h2-5H,6H2,1H3. The number of benzene rings is 1. The Labute approximate surface area is 87.9 Å². The molecule has 1 atom stereocenters. The van der Waals surface area contributed by atoms with Crippen molar-refractivity contribution in [3.8, 4) is 0 Å². The van der Waals surface area contributed by atoms with Gasteiger partial charge in [0.05, 0.1) is 5.75 Å². The molecule has 4 heteroatoms. The molecule has 0 aliphatic heterocycles. The van der Waals surface area contributed by atoms with Crippen molar-refractivity contribution in [3.05, 3.63) is 34.3 Å². The smallest absolute Gasteiger partial charge is 0.176 e. The Morgan fingerprint density at radius 3 is 2.62 bits per heavy atom. The number of carbonyl (C=O) groups is 1. The van der Waals surface area contributed by atoms with E-state index in [0.29, 0.717) is 5.56 Å². The number of hydrogen-bond donors (Lipinski definition) is 0. The van der Waals surface area contributed by atoms with Gasteiger partial charge < -0.3 is 0 Å². The van der Waals surface area contributed by atoms with Crippen LogP contribution in [0.2, 0.25) is 0 Å². The van der Waals surface area contributed by atoms with Crippen LogP contribution in [0, 0.1) is 0 Å². The summed E-state index contributed by atoms with van der Waals surface area (Å²) in [5.74, 6) is -0.00360. The Morgan fingerprint density at radius 2 is 2.08 bits per heavy atom. The second kappa shape index (κ2) is 4.67. The molecule has 0 radical (unpaired) electrons. The summed E-state index contributed by atoms with van der Waals surface area (Å²) in [5.41, 5.74) is 0.595. The van der Waals surface area contributed by atoms with E-state index in [4.69, 9.17) is 0 Å². The fourth-order valence-corrected chi connectivity index (χ4v) is 1.98. The molecule has 0 spiro atoms. The molecule has 1 aromatic rings. The SMILES string of the molecule is CS(=O)CC(=O)c1ccccc1Br. The van der Waals surface area contributed by atoms with Crippen LogP contribution in [0.15, 0.2) is 28.7 Å². The lowest BCUT2D eigenvalue weighted by Crippen LogP contribution is -2.09. The first-order chi connectivity index (χ1) is 6.11. The van der Waals surface area contributed by atoms with Crippen LogP contribution in [0.25, 0.3) is 0 Å². The van der Waals surface area contributed by atoms with Gasteiger partial charge in [0.15, 0.2) is 5.78 Å². The number of Topliss-reactive ketones (excluding diaryl/α,β-unsaturated/α-hetero) is 1. The molecule has 0 N–H and O–H groups in total. The summed E-state index contributed by atoms with van der Waals surface area (Å²) >= 11 is 3.27. The van der Waals surface area contributed by atoms with E-state index in [1.807, 2.05) is 6.07 Å². The zero-order chi connectivity index (χ0) is 9.84. The maximum Gasteiger partial charge on any atom is 0.176 e. The van der Waals surface area contributed by atoms with Crippen LogP contribution < -0.4 is 0 Å². The minimum Gasteiger partial charge on any atom is -0.293 e. The summed E-state index contributed by atoms with van der Waals surface area (Å²) in [7, 11) is -1.07. The highest BCUT2D eigenvalue weighted by Crippen LogP contribution is 2.16. The van der Waals surface area contributed by atoms with Crippen LogP contribution in [0.1, 0.15) is 10.4 Å². The Balaban J connectivity index is 2.89. The molecule has 70 valence electrons. The van der Waals surface area contributed by atoms with Crippen molar-refractivity contribution in [2.75, 3.05) is 12.0 Å². The third-order valence-electron chi connectivity index (χ3n) is 1.51. The van der Waals surface area contributed by atoms with Crippen LogP contribution >= 0.6 is 15.9 Å². The fraction of sp³-hybridized carbons (Fsp3) is 0.222. The van der Waals surface area contributed by atoms with Crippen molar-refractivity contribution in [2.45, 2.75) is 0 Å². The van der Waals surface area contributed by atoms with Crippen molar-refractivity contribution >= 4 is 32.5 Å². The van der Waals surface area contributed by atoms with Crippen molar-refractivity contribution < 1.29 is 9.00 Å². The zero-order valence-corrected chi connectivity index (χ0v) is 9.52. The Morgan fingerprint density at radius 1 is 1.46 bits per heavy atom. The molecule has 0 aromatic heterocycles. The molecule has 0 fully saturated rings. The van der Waals surface area contributed by atoms with E-state index in [1.165, 1.54) is 6.26 Å². The van der Waals surface area contributed by atoms with Crippen LogP contribution in [-0.2, 0) is 10.8 Å². The maximum absolute atomic E-state index is 11.5. The Bertz CT molecular complexity index is 349. The maximum atomic E-state index is 11.5. The normalized spacial score (nSPS) is 12.5. The highest BCUT2D eigenvalue weighted by Gasteiger charge is 2.10. The highest BCUT2D eigenvalue weighted by atomic mass is 79.9. The molecule has 2 nitrogen and oxygen atoms in total. The van der Waals surface area contributed by atoms with Gasteiger partial charge in [-0.05, 0) is 6.07 Å². The summed E-state index contributed by atoms with van der Waals surface area (Å²) < 4.78 is 11.6. The van der Waals surface area contributed by atoms with E-state index in [9.17, 15) is 9.00 Å². The van der Waals surface area contributed by atoms with Gasteiger partial charge in [0.1, 0.15) is 0 Å². The lowest BCUT2D eigenvalue weighted by atomic mass is 10.1. The van der Waals surface area contributed by atoms with Gasteiger partial charge in [-0.3, -0.25) is 9.00 Å². The number of hydrogen-bond acceptors (Lipinski definition) is 2. The van der Waals surface area contributed by atoms with E-state index in [0.717, 1.165) is 4.47 Å². The van der Waals surface area contributed by atoms with Crippen molar-refractivity contribution in [1.82, 2.24) is 0 Å². The third kappa shape index (κ3) is 3.04. The average Bonchev–Trinajstić information content (AvgIpc) is 2.03. The zero-order valence-electron chi connectivity index (χ0n) is 7.12. The van der Waals surface area contributed by atoms with Crippen molar-refractivity contribution in [3.63, 3.8) is 0 Å². The third-order valence-corrected chi connectivity index (χ3v) is 2.87. The summed E-state index contributed by atoms with van der Waals surface area (Å²) in [4.78, 5) is 11.5. The minimum atomic E-state index is -1.07. The van der Waals surface area contributed by atoms with Crippen LogP contribution in [0.5, 0.6) is 0 Å². The van der Waals surface area contributed by atoms with Gasteiger partial charge >= 0.3 is 0 Å². The largest absolute Gasteiger partial charge is 0.293 e. The Kier molecular flexibility index (Phi) is 3.81. The number of rotatable bonds is 3. The molecule has 0 heterocycles. The summed E-state index contributed by atoms with van der Waals surface area (Å²) in [6.07, 6.45) is 1.52. The average molecular weight is 261 g/mol. The molecule has 1 aromatic carbocycles. The molecule has 0 aliphatic rings. The molecule has 0 saturated carbocycles. The van der Waals surface area contributed by atoms with Crippen LogP contribution in [0.3, 0.4) is 0 Å². The molecule has 0 bridgehead atoms. The molecule has 1 unspecified atom stereocenters. The molecule has 0 aliphatic carbocycles. The van der Waals surface area contributed by atoms with Gasteiger partial charge in [0.25, 0.3) is 0 Å². The summed E-state index contributed by atoms with van der Waals surface area (Å²) in [6.45, 7) is 0. The quantitative estimate of drug-likeness (QED) is 0.780. The first-order valence-electron chi connectivity index (χ1n) is 3.69. The number of carbonyl (C=O) groups excluding carboxylic acids is 1. The molecule has 13 heavy (non-hydrogen) atoms.